The third kappa shape index (κ3) is 9.77. The Kier molecular flexibility index (Phi) is 10.6. The van der Waals surface area contributed by atoms with E-state index >= 15 is 0 Å². The van der Waals surface area contributed by atoms with Gasteiger partial charge in [-0.3, -0.25) is 4.99 Å². The smallest absolute Gasteiger partial charge is 0.191 e. The molecule has 0 aliphatic carbocycles. The summed E-state index contributed by atoms with van der Waals surface area (Å²) < 4.78 is 0. The molecular formula is C15H34N4. The Balaban J connectivity index is 3.90. The largest absolute Gasteiger partial charge is 0.357 e. The van der Waals surface area contributed by atoms with Gasteiger partial charge >= 0.3 is 0 Å². The van der Waals surface area contributed by atoms with E-state index in [2.05, 4.69) is 62.2 Å². The molecule has 4 nitrogen and oxygen atoms in total. The maximum absolute atomic E-state index is 4.62. The molecule has 0 aromatic carbocycles. The lowest BCUT2D eigenvalue weighted by atomic mass is 10.2. The Labute approximate surface area is 120 Å². The molecule has 0 saturated heterocycles. The SMILES string of the molecule is CCNC(=NCCCCN(C)C(C)C)NC(C)CC. The molecule has 1 atom stereocenters. The van der Waals surface area contributed by atoms with E-state index < -0.39 is 0 Å². The number of unbranched alkanes of at least 4 members (excludes halogenated alkanes) is 1. The van der Waals surface area contributed by atoms with Gasteiger partial charge in [-0.2, -0.15) is 0 Å². The first-order chi connectivity index (χ1) is 9.01. The van der Waals surface area contributed by atoms with Gasteiger partial charge in [0, 0.05) is 25.2 Å². The molecule has 4 heteroatoms. The Morgan fingerprint density at radius 2 is 1.84 bits per heavy atom. The van der Waals surface area contributed by atoms with Crippen molar-refractivity contribution >= 4 is 5.96 Å². The predicted octanol–water partition coefficient (Wildman–Crippen LogP) is 2.46. The highest BCUT2D eigenvalue weighted by Crippen LogP contribution is 1.98. The third-order valence-electron chi connectivity index (χ3n) is 3.41. The van der Waals surface area contributed by atoms with Crippen LogP contribution >= 0.6 is 0 Å². The van der Waals surface area contributed by atoms with E-state index in [4.69, 9.17) is 0 Å². The van der Waals surface area contributed by atoms with E-state index in [1.807, 2.05) is 0 Å². The molecule has 0 fully saturated rings. The molecule has 19 heavy (non-hydrogen) atoms. The molecule has 0 bridgehead atoms. The minimum Gasteiger partial charge on any atom is -0.357 e. The summed E-state index contributed by atoms with van der Waals surface area (Å²) in [4.78, 5) is 7.00. The number of guanidine groups is 1. The van der Waals surface area contributed by atoms with Crippen molar-refractivity contribution < 1.29 is 0 Å². The van der Waals surface area contributed by atoms with E-state index in [9.17, 15) is 0 Å². The second-order valence-corrected chi connectivity index (χ2v) is 5.50. The summed E-state index contributed by atoms with van der Waals surface area (Å²) in [6.07, 6.45) is 3.47. The highest BCUT2D eigenvalue weighted by atomic mass is 15.2. The Morgan fingerprint density at radius 1 is 1.16 bits per heavy atom. The number of aliphatic imine (C=N–C) groups is 1. The fourth-order valence-corrected chi connectivity index (χ4v) is 1.58. The molecule has 0 aromatic rings. The molecule has 114 valence electrons. The molecule has 0 rings (SSSR count). The van der Waals surface area contributed by atoms with Crippen LogP contribution in [-0.2, 0) is 0 Å². The van der Waals surface area contributed by atoms with E-state index in [0.717, 1.165) is 38.4 Å². The number of rotatable bonds is 9. The second kappa shape index (κ2) is 11.1. The Hall–Kier alpha value is -0.770. The number of hydrogen-bond donors (Lipinski definition) is 2. The molecule has 1 unspecified atom stereocenters. The zero-order chi connectivity index (χ0) is 14.7. The van der Waals surface area contributed by atoms with E-state index in [1.165, 1.54) is 6.42 Å². The molecular weight excluding hydrogens is 236 g/mol. The van der Waals surface area contributed by atoms with Crippen LogP contribution in [0.1, 0.15) is 53.9 Å². The van der Waals surface area contributed by atoms with Crippen LogP contribution in [0.25, 0.3) is 0 Å². The molecule has 0 amide bonds. The van der Waals surface area contributed by atoms with Crippen molar-refractivity contribution in [2.24, 2.45) is 4.99 Å². The fraction of sp³-hybridized carbons (Fsp3) is 0.933. The van der Waals surface area contributed by atoms with Crippen LogP contribution in [-0.4, -0.2) is 49.6 Å². The average molecular weight is 270 g/mol. The standard InChI is InChI=1S/C15H34N4/c1-7-14(5)18-15(16-8-2)17-11-9-10-12-19(6)13(3)4/h13-14H,7-12H2,1-6H3,(H2,16,17,18). The summed E-state index contributed by atoms with van der Waals surface area (Å²) >= 11 is 0. The number of nitrogens with zero attached hydrogens (tertiary/aromatic N) is 2. The quantitative estimate of drug-likeness (QED) is 0.384. The van der Waals surface area contributed by atoms with Crippen molar-refractivity contribution in [2.45, 2.75) is 66.0 Å². The van der Waals surface area contributed by atoms with E-state index in [1.54, 1.807) is 0 Å². The molecule has 0 spiro atoms. The van der Waals surface area contributed by atoms with Gasteiger partial charge in [0.05, 0.1) is 0 Å². The molecule has 0 aliphatic heterocycles. The van der Waals surface area contributed by atoms with Gasteiger partial charge in [-0.1, -0.05) is 6.92 Å². The van der Waals surface area contributed by atoms with Crippen molar-refractivity contribution in [3.8, 4) is 0 Å². The van der Waals surface area contributed by atoms with Crippen LogP contribution in [0.3, 0.4) is 0 Å². The third-order valence-corrected chi connectivity index (χ3v) is 3.41. The van der Waals surface area contributed by atoms with Crippen molar-refractivity contribution in [1.82, 2.24) is 15.5 Å². The number of hydrogen-bond acceptors (Lipinski definition) is 2. The lowest BCUT2D eigenvalue weighted by Crippen LogP contribution is -2.42. The minimum absolute atomic E-state index is 0.477. The lowest BCUT2D eigenvalue weighted by molar-refractivity contribution is 0.269. The van der Waals surface area contributed by atoms with Crippen LogP contribution < -0.4 is 10.6 Å². The summed E-state index contributed by atoms with van der Waals surface area (Å²) in [5.41, 5.74) is 0. The topological polar surface area (TPSA) is 39.7 Å². The van der Waals surface area contributed by atoms with Gasteiger partial charge in [0.2, 0.25) is 0 Å². The molecule has 0 aliphatic rings. The highest BCUT2D eigenvalue weighted by molar-refractivity contribution is 5.79. The molecule has 0 aromatic heterocycles. The first-order valence-electron chi connectivity index (χ1n) is 7.76. The van der Waals surface area contributed by atoms with Crippen molar-refractivity contribution in [2.75, 3.05) is 26.7 Å². The molecule has 0 saturated carbocycles. The van der Waals surface area contributed by atoms with Crippen LogP contribution in [0.4, 0.5) is 0 Å². The number of nitrogens with one attached hydrogen (secondary N) is 2. The Bertz CT molecular complexity index is 238. The summed E-state index contributed by atoms with van der Waals surface area (Å²) in [7, 11) is 2.18. The van der Waals surface area contributed by atoms with Crippen LogP contribution in [0.15, 0.2) is 4.99 Å². The summed E-state index contributed by atoms with van der Waals surface area (Å²) in [5.74, 6) is 0.953. The molecule has 0 radical (unpaired) electrons. The Morgan fingerprint density at radius 3 is 2.37 bits per heavy atom. The van der Waals surface area contributed by atoms with Gasteiger partial charge in [-0.15, -0.1) is 0 Å². The molecule has 0 heterocycles. The first kappa shape index (κ1) is 18.2. The van der Waals surface area contributed by atoms with Gasteiger partial charge in [0.15, 0.2) is 5.96 Å². The van der Waals surface area contributed by atoms with Gasteiger partial charge in [-0.05, 0) is 60.5 Å². The average Bonchev–Trinajstić information content (AvgIpc) is 2.37. The van der Waals surface area contributed by atoms with Crippen molar-refractivity contribution in [1.29, 1.82) is 0 Å². The predicted molar refractivity (Wildman–Crippen MR) is 85.9 cm³/mol. The van der Waals surface area contributed by atoms with Gasteiger partial charge in [-0.25, -0.2) is 0 Å². The normalized spacial score (nSPS) is 14.0. The summed E-state index contributed by atoms with van der Waals surface area (Å²) in [6.45, 7) is 13.9. The van der Waals surface area contributed by atoms with Gasteiger partial charge in [0.25, 0.3) is 0 Å². The summed E-state index contributed by atoms with van der Waals surface area (Å²) in [5, 5.41) is 6.71. The van der Waals surface area contributed by atoms with Crippen LogP contribution in [0, 0.1) is 0 Å². The summed E-state index contributed by atoms with van der Waals surface area (Å²) in [6, 6.07) is 1.11. The second-order valence-electron chi connectivity index (χ2n) is 5.50. The van der Waals surface area contributed by atoms with Crippen LogP contribution in [0.2, 0.25) is 0 Å². The highest BCUT2D eigenvalue weighted by Gasteiger charge is 2.03. The lowest BCUT2D eigenvalue weighted by Gasteiger charge is -2.20. The van der Waals surface area contributed by atoms with Crippen LogP contribution in [0.5, 0.6) is 0 Å². The van der Waals surface area contributed by atoms with Gasteiger partial charge in [0.1, 0.15) is 0 Å². The molecule has 2 N–H and O–H groups in total. The maximum atomic E-state index is 4.62. The zero-order valence-corrected chi connectivity index (χ0v) is 13.8. The zero-order valence-electron chi connectivity index (χ0n) is 13.8. The monoisotopic (exact) mass is 270 g/mol. The van der Waals surface area contributed by atoms with E-state index in [0.29, 0.717) is 12.1 Å². The minimum atomic E-state index is 0.477. The van der Waals surface area contributed by atoms with Gasteiger partial charge < -0.3 is 15.5 Å². The first-order valence-corrected chi connectivity index (χ1v) is 7.76. The maximum Gasteiger partial charge on any atom is 0.191 e. The van der Waals surface area contributed by atoms with Crippen molar-refractivity contribution in [3.05, 3.63) is 0 Å². The van der Waals surface area contributed by atoms with E-state index in [-0.39, 0.29) is 0 Å². The van der Waals surface area contributed by atoms with Crippen molar-refractivity contribution in [3.63, 3.8) is 0 Å². The fourth-order valence-electron chi connectivity index (χ4n) is 1.58.